The van der Waals surface area contributed by atoms with Gasteiger partial charge < -0.3 is 4.74 Å². The van der Waals surface area contributed by atoms with Gasteiger partial charge in [-0.25, -0.2) is 4.98 Å². The third-order valence-electron chi connectivity index (χ3n) is 4.15. The van der Waals surface area contributed by atoms with Crippen molar-refractivity contribution in [1.82, 2.24) is 9.55 Å². The summed E-state index contributed by atoms with van der Waals surface area (Å²) in [7, 11) is 1.63. The maximum Gasteiger partial charge on any atom is 0.276 e. The molecule has 0 bridgehead atoms. The van der Waals surface area contributed by atoms with E-state index < -0.39 is 0 Å². The van der Waals surface area contributed by atoms with E-state index in [1.807, 2.05) is 60.0 Å². The lowest BCUT2D eigenvalue weighted by Gasteiger charge is -2.11. The van der Waals surface area contributed by atoms with Crippen LogP contribution in [0.4, 0.5) is 0 Å². The molecule has 2 aromatic heterocycles. The Bertz CT molecular complexity index is 1210. The molecular weight excluding hydrogens is 380 g/mol. The minimum absolute atomic E-state index is 0.136. The lowest BCUT2D eigenvalue weighted by Crippen LogP contribution is -2.21. The number of hydrogen-bond acceptors (Lipinski definition) is 4. The summed E-state index contributed by atoms with van der Waals surface area (Å²) in [4.78, 5) is 17.8. The fraction of sp³-hybridized carbons (Fsp3) is 0.0476. The number of methoxy groups -OCH3 is 1. The molecule has 0 radical (unpaired) electrons. The summed E-state index contributed by atoms with van der Waals surface area (Å²) < 4.78 is 7.54. The van der Waals surface area contributed by atoms with Crippen molar-refractivity contribution < 1.29 is 4.74 Å². The van der Waals surface area contributed by atoms with E-state index in [1.54, 1.807) is 23.8 Å². The number of benzene rings is 2. The highest BCUT2D eigenvalue weighted by atomic mass is 35.5. The van der Waals surface area contributed by atoms with E-state index in [9.17, 15) is 4.79 Å². The van der Waals surface area contributed by atoms with Crippen molar-refractivity contribution in [2.45, 2.75) is 0 Å². The van der Waals surface area contributed by atoms with Gasteiger partial charge in [-0.05, 0) is 41.8 Å². The number of thiophene rings is 1. The molecule has 0 amide bonds. The van der Waals surface area contributed by atoms with E-state index in [2.05, 4.69) is 4.98 Å². The van der Waals surface area contributed by atoms with Crippen molar-refractivity contribution in [2.24, 2.45) is 0 Å². The highest BCUT2D eigenvalue weighted by molar-refractivity contribution is 7.17. The Morgan fingerprint density at radius 2 is 1.85 bits per heavy atom. The van der Waals surface area contributed by atoms with E-state index in [0.717, 1.165) is 11.3 Å². The molecule has 0 atom stereocenters. The van der Waals surface area contributed by atoms with Crippen LogP contribution >= 0.6 is 22.9 Å². The van der Waals surface area contributed by atoms with Gasteiger partial charge in [0.15, 0.2) is 0 Å². The third kappa shape index (κ3) is 3.27. The lowest BCUT2D eigenvalue weighted by molar-refractivity contribution is 0.414. The minimum Gasteiger partial charge on any atom is -0.496 e. The number of hydrogen-bond donors (Lipinski definition) is 0. The molecule has 0 unspecified atom stereocenters. The van der Waals surface area contributed by atoms with E-state index in [0.29, 0.717) is 26.8 Å². The molecule has 6 heteroatoms. The first-order valence-electron chi connectivity index (χ1n) is 8.25. The molecule has 4 rings (SSSR count). The Labute approximate surface area is 165 Å². The van der Waals surface area contributed by atoms with Crippen molar-refractivity contribution in [3.05, 3.63) is 86.7 Å². The maximum atomic E-state index is 13.1. The molecule has 0 N–H and O–H groups in total. The largest absolute Gasteiger partial charge is 0.496 e. The lowest BCUT2D eigenvalue weighted by atomic mass is 10.2. The Hall–Kier alpha value is -2.89. The quantitative estimate of drug-likeness (QED) is 0.473. The molecule has 4 nitrogen and oxygen atoms in total. The maximum absolute atomic E-state index is 13.1. The van der Waals surface area contributed by atoms with Gasteiger partial charge in [-0.2, -0.15) is 0 Å². The molecule has 0 aliphatic heterocycles. The van der Waals surface area contributed by atoms with Crippen LogP contribution in [0.25, 0.3) is 28.1 Å². The van der Waals surface area contributed by atoms with Gasteiger partial charge in [-0.15, -0.1) is 11.3 Å². The van der Waals surface area contributed by atoms with E-state index in [4.69, 9.17) is 16.3 Å². The van der Waals surface area contributed by atoms with Crippen LogP contribution in [0.3, 0.4) is 0 Å². The van der Waals surface area contributed by atoms with Crippen LogP contribution in [0.5, 0.6) is 5.75 Å². The van der Waals surface area contributed by atoms with Gasteiger partial charge in [0.25, 0.3) is 5.56 Å². The monoisotopic (exact) mass is 394 g/mol. The first kappa shape index (κ1) is 17.5. The Morgan fingerprint density at radius 1 is 1.07 bits per heavy atom. The van der Waals surface area contributed by atoms with Crippen LogP contribution in [-0.2, 0) is 0 Å². The molecule has 0 aliphatic rings. The molecule has 2 heterocycles. The van der Waals surface area contributed by atoms with Crippen LogP contribution in [0.1, 0.15) is 11.4 Å². The highest BCUT2D eigenvalue weighted by Crippen LogP contribution is 2.24. The molecule has 27 heavy (non-hydrogen) atoms. The predicted molar refractivity (Wildman–Crippen MR) is 112 cm³/mol. The first-order valence-corrected chi connectivity index (χ1v) is 9.51. The van der Waals surface area contributed by atoms with Gasteiger partial charge in [0.2, 0.25) is 0 Å². The Balaban J connectivity index is 1.94. The normalized spacial score (nSPS) is 11.3. The molecule has 0 aliphatic carbocycles. The van der Waals surface area contributed by atoms with Crippen LogP contribution in [0.15, 0.2) is 64.8 Å². The van der Waals surface area contributed by atoms with Crippen molar-refractivity contribution in [3.8, 4) is 11.4 Å². The average Bonchev–Trinajstić information content (AvgIpc) is 3.16. The second-order valence-corrected chi connectivity index (χ2v) is 7.10. The fourth-order valence-electron chi connectivity index (χ4n) is 2.88. The average molecular weight is 395 g/mol. The number of para-hydroxylation sites is 2. The van der Waals surface area contributed by atoms with Crippen molar-refractivity contribution in [3.63, 3.8) is 0 Å². The zero-order valence-electron chi connectivity index (χ0n) is 14.4. The number of nitrogens with zero attached hydrogens (tertiary/aromatic N) is 2. The summed E-state index contributed by atoms with van der Waals surface area (Å²) in [5, 5.41) is 2.35. The standard InChI is InChI=1S/C21H15ClN2O2S/c1-26-18-9-5-2-6-14(18)10-11-19-23-16-12-13-27-20(16)21(25)24(19)17-8-4-3-7-15(17)22/h2-13H,1H3/b11-10+. The summed E-state index contributed by atoms with van der Waals surface area (Å²) in [6.45, 7) is 0. The molecule has 0 spiro atoms. The van der Waals surface area contributed by atoms with E-state index >= 15 is 0 Å². The Kier molecular flexibility index (Phi) is 4.79. The van der Waals surface area contributed by atoms with Crippen molar-refractivity contribution >= 4 is 45.3 Å². The molecule has 0 saturated carbocycles. The number of halogens is 1. The number of ether oxygens (including phenoxy) is 1. The Morgan fingerprint density at radius 3 is 2.67 bits per heavy atom. The zero-order valence-corrected chi connectivity index (χ0v) is 16.0. The number of fused-ring (bicyclic) bond motifs is 1. The van der Waals surface area contributed by atoms with Gasteiger partial charge in [0.05, 0.1) is 23.3 Å². The van der Waals surface area contributed by atoms with E-state index in [1.165, 1.54) is 11.3 Å². The van der Waals surface area contributed by atoms with Gasteiger partial charge in [-0.1, -0.05) is 41.9 Å². The molecular formula is C21H15ClN2O2S. The summed E-state index contributed by atoms with van der Waals surface area (Å²) in [6.07, 6.45) is 3.69. The molecule has 2 aromatic carbocycles. The summed E-state index contributed by atoms with van der Waals surface area (Å²) in [6, 6.07) is 16.8. The highest BCUT2D eigenvalue weighted by Gasteiger charge is 2.14. The predicted octanol–water partition coefficient (Wildman–Crippen LogP) is 5.28. The van der Waals surface area contributed by atoms with Crippen LogP contribution < -0.4 is 10.3 Å². The fourth-order valence-corrected chi connectivity index (χ4v) is 3.86. The van der Waals surface area contributed by atoms with E-state index in [-0.39, 0.29) is 5.56 Å². The van der Waals surface area contributed by atoms with Gasteiger partial charge in [0, 0.05) is 5.56 Å². The van der Waals surface area contributed by atoms with Crippen LogP contribution in [-0.4, -0.2) is 16.7 Å². The molecule has 0 fully saturated rings. The number of rotatable bonds is 4. The third-order valence-corrected chi connectivity index (χ3v) is 5.36. The zero-order chi connectivity index (χ0) is 18.8. The summed E-state index contributed by atoms with van der Waals surface area (Å²) in [5.41, 5.74) is 2.03. The van der Waals surface area contributed by atoms with Gasteiger partial charge in [0.1, 0.15) is 16.3 Å². The summed E-state index contributed by atoms with van der Waals surface area (Å²) in [5.74, 6) is 1.25. The topological polar surface area (TPSA) is 44.1 Å². The first-order chi connectivity index (χ1) is 13.2. The van der Waals surface area contributed by atoms with Crippen molar-refractivity contribution in [1.29, 1.82) is 0 Å². The van der Waals surface area contributed by atoms with Crippen molar-refractivity contribution in [2.75, 3.05) is 7.11 Å². The number of aromatic nitrogens is 2. The second kappa shape index (κ2) is 7.39. The molecule has 134 valence electrons. The molecule has 0 saturated heterocycles. The second-order valence-electron chi connectivity index (χ2n) is 5.77. The SMILES string of the molecule is COc1ccccc1/C=C/c1nc2ccsc2c(=O)n1-c1ccccc1Cl. The van der Waals surface area contributed by atoms with Crippen LogP contribution in [0.2, 0.25) is 5.02 Å². The molecule has 4 aromatic rings. The van der Waals surface area contributed by atoms with Gasteiger partial charge in [-0.3, -0.25) is 9.36 Å². The van der Waals surface area contributed by atoms with Crippen LogP contribution in [0, 0.1) is 0 Å². The minimum atomic E-state index is -0.136. The van der Waals surface area contributed by atoms with Gasteiger partial charge >= 0.3 is 0 Å². The summed E-state index contributed by atoms with van der Waals surface area (Å²) >= 11 is 7.74. The smallest absolute Gasteiger partial charge is 0.276 e.